The molecule has 1 aromatic rings. The summed E-state index contributed by atoms with van der Waals surface area (Å²) in [6.45, 7) is 10.5. The number of rotatable bonds is 2. The Morgan fingerprint density at radius 1 is 1.32 bits per heavy atom. The molecular formula is C16H23N3. The van der Waals surface area contributed by atoms with E-state index in [9.17, 15) is 0 Å². The van der Waals surface area contributed by atoms with Gasteiger partial charge in [-0.1, -0.05) is 6.07 Å². The molecule has 0 saturated carbocycles. The van der Waals surface area contributed by atoms with Crippen LogP contribution in [0.5, 0.6) is 0 Å². The van der Waals surface area contributed by atoms with Crippen LogP contribution >= 0.6 is 0 Å². The highest BCUT2D eigenvalue weighted by atomic mass is 15.3. The molecule has 0 bridgehead atoms. The van der Waals surface area contributed by atoms with Crippen molar-refractivity contribution in [1.29, 1.82) is 5.26 Å². The molecule has 1 N–H and O–H groups in total. The molecule has 0 radical (unpaired) electrons. The van der Waals surface area contributed by atoms with Crippen molar-refractivity contribution in [3.8, 4) is 6.07 Å². The van der Waals surface area contributed by atoms with Gasteiger partial charge in [0.25, 0.3) is 0 Å². The molecule has 3 nitrogen and oxygen atoms in total. The Hall–Kier alpha value is -1.53. The Labute approximate surface area is 116 Å². The summed E-state index contributed by atoms with van der Waals surface area (Å²) in [4.78, 5) is 2.39. The average Bonchev–Trinajstić information content (AvgIpc) is 2.30. The lowest BCUT2D eigenvalue weighted by Gasteiger charge is -2.45. The van der Waals surface area contributed by atoms with Crippen LogP contribution in [-0.4, -0.2) is 24.7 Å². The number of aryl methyl sites for hydroxylation is 2. The number of nitriles is 1. The predicted octanol–water partition coefficient (Wildman–Crippen LogP) is 2.77. The summed E-state index contributed by atoms with van der Waals surface area (Å²) in [6.07, 6.45) is 0.566. The lowest BCUT2D eigenvalue weighted by Crippen LogP contribution is -2.61. The quantitative estimate of drug-likeness (QED) is 0.885. The Morgan fingerprint density at radius 2 is 1.95 bits per heavy atom. The third-order valence-corrected chi connectivity index (χ3v) is 3.69. The molecule has 1 saturated heterocycles. The van der Waals surface area contributed by atoms with E-state index >= 15 is 0 Å². The van der Waals surface area contributed by atoms with E-state index in [1.54, 1.807) is 0 Å². The molecule has 1 aliphatic rings. The molecular weight excluding hydrogens is 234 g/mol. The van der Waals surface area contributed by atoms with E-state index in [2.05, 4.69) is 62.2 Å². The van der Waals surface area contributed by atoms with Crippen molar-refractivity contribution >= 4 is 5.69 Å². The summed E-state index contributed by atoms with van der Waals surface area (Å²) in [5.41, 5.74) is 3.89. The number of anilines is 1. The monoisotopic (exact) mass is 257 g/mol. The minimum absolute atomic E-state index is 0.0869. The van der Waals surface area contributed by atoms with Gasteiger partial charge in [0.05, 0.1) is 18.5 Å². The highest BCUT2D eigenvalue weighted by Gasteiger charge is 2.32. The van der Waals surface area contributed by atoms with Crippen LogP contribution in [0.4, 0.5) is 5.69 Å². The minimum Gasteiger partial charge on any atom is -0.364 e. The highest BCUT2D eigenvalue weighted by Crippen LogP contribution is 2.26. The number of piperazine rings is 1. The Kier molecular flexibility index (Phi) is 3.82. The molecule has 0 aliphatic carbocycles. The lowest BCUT2D eigenvalue weighted by molar-refractivity contribution is 0.311. The molecule has 1 aliphatic heterocycles. The van der Waals surface area contributed by atoms with E-state index in [-0.39, 0.29) is 11.6 Å². The molecule has 3 heteroatoms. The van der Waals surface area contributed by atoms with E-state index < -0.39 is 0 Å². The minimum atomic E-state index is 0.0869. The molecule has 1 fully saturated rings. The Bertz CT molecular complexity index is 479. The van der Waals surface area contributed by atoms with Gasteiger partial charge >= 0.3 is 0 Å². The molecule has 19 heavy (non-hydrogen) atoms. The Morgan fingerprint density at radius 3 is 2.53 bits per heavy atom. The fourth-order valence-corrected chi connectivity index (χ4v) is 2.82. The maximum Gasteiger partial charge on any atom is 0.0643 e. The molecule has 0 aromatic heterocycles. The molecule has 1 aromatic carbocycles. The van der Waals surface area contributed by atoms with Crippen LogP contribution in [0.2, 0.25) is 0 Å². The van der Waals surface area contributed by atoms with Gasteiger partial charge < -0.3 is 10.2 Å². The van der Waals surface area contributed by atoms with Gasteiger partial charge in [0.15, 0.2) is 0 Å². The van der Waals surface area contributed by atoms with Crippen LogP contribution in [0.15, 0.2) is 18.2 Å². The van der Waals surface area contributed by atoms with Gasteiger partial charge in [0.2, 0.25) is 0 Å². The average molecular weight is 257 g/mol. The number of benzene rings is 1. The van der Waals surface area contributed by atoms with E-state index in [1.807, 2.05) is 0 Å². The normalized spacial score (nSPS) is 22.1. The van der Waals surface area contributed by atoms with Crippen LogP contribution in [-0.2, 0) is 0 Å². The third kappa shape index (κ3) is 3.27. The van der Waals surface area contributed by atoms with Crippen molar-refractivity contribution in [3.63, 3.8) is 0 Å². The molecule has 1 unspecified atom stereocenters. The second-order valence-electron chi connectivity index (χ2n) is 6.25. The summed E-state index contributed by atoms with van der Waals surface area (Å²) in [7, 11) is 0. The van der Waals surface area contributed by atoms with Crippen LogP contribution in [0.1, 0.15) is 31.4 Å². The van der Waals surface area contributed by atoms with Gasteiger partial charge in [0, 0.05) is 24.3 Å². The number of nitrogens with one attached hydrogen (secondary N) is 1. The molecule has 2 rings (SSSR count). The van der Waals surface area contributed by atoms with Gasteiger partial charge in [0.1, 0.15) is 0 Å². The maximum absolute atomic E-state index is 9.02. The van der Waals surface area contributed by atoms with Gasteiger partial charge in [-0.3, -0.25) is 0 Å². The Balaban J connectivity index is 2.33. The van der Waals surface area contributed by atoms with Gasteiger partial charge in [-0.25, -0.2) is 0 Å². The topological polar surface area (TPSA) is 39.1 Å². The summed E-state index contributed by atoms with van der Waals surface area (Å²) in [5, 5.41) is 12.5. The largest absolute Gasteiger partial charge is 0.364 e. The first-order valence-electron chi connectivity index (χ1n) is 6.88. The molecule has 1 heterocycles. The maximum atomic E-state index is 9.02. The first kappa shape index (κ1) is 13.9. The smallest absolute Gasteiger partial charge is 0.0643 e. The van der Waals surface area contributed by atoms with E-state index in [1.165, 1.54) is 16.8 Å². The number of hydrogen-bond donors (Lipinski definition) is 1. The second kappa shape index (κ2) is 5.22. The summed E-state index contributed by atoms with van der Waals surface area (Å²) in [5.74, 6) is 0. The predicted molar refractivity (Wildman–Crippen MR) is 79.4 cm³/mol. The zero-order chi connectivity index (χ0) is 14.0. The van der Waals surface area contributed by atoms with E-state index in [0.29, 0.717) is 6.42 Å². The molecule has 0 spiro atoms. The van der Waals surface area contributed by atoms with Gasteiger partial charge in [-0.05, 0) is 51.0 Å². The van der Waals surface area contributed by atoms with Crippen molar-refractivity contribution in [2.45, 2.75) is 45.7 Å². The van der Waals surface area contributed by atoms with Crippen molar-refractivity contribution in [2.24, 2.45) is 0 Å². The van der Waals surface area contributed by atoms with Crippen LogP contribution in [0, 0.1) is 25.2 Å². The van der Waals surface area contributed by atoms with Crippen molar-refractivity contribution in [1.82, 2.24) is 5.32 Å². The van der Waals surface area contributed by atoms with E-state index in [0.717, 1.165) is 13.1 Å². The molecule has 0 amide bonds. The van der Waals surface area contributed by atoms with E-state index in [4.69, 9.17) is 5.26 Å². The van der Waals surface area contributed by atoms with Gasteiger partial charge in [-0.15, -0.1) is 0 Å². The first-order chi connectivity index (χ1) is 8.91. The zero-order valence-electron chi connectivity index (χ0n) is 12.3. The number of hydrogen-bond acceptors (Lipinski definition) is 3. The summed E-state index contributed by atoms with van der Waals surface area (Å²) >= 11 is 0. The van der Waals surface area contributed by atoms with Crippen LogP contribution in [0.3, 0.4) is 0 Å². The third-order valence-electron chi connectivity index (χ3n) is 3.69. The second-order valence-corrected chi connectivity index (χ2v) is 6.25. The van der Waals surface area contributed by atoms with Crippen molar-refractivity contribution in [2.75, 3.05) is 18.0 Å². The summed E-state index contributed by atoms with van der Waals surface area (Å²) in [6, 6.07) is 9.21. The van der Waals surface area contributed by atoms with Crippen molar-refractivity contribution in [3.05, 3.63) is 29.3 Å². The highest BCUT2D eigenvalue weighted by molar-refractivity contribution is 5.53. The van der Waals surface area contributed by atoms with Gasteiger partial charge in [-0.2, -0.15) is 5.26 Å². The summed E-state index contributed by atoms with van der Waals surface area (Å²) < 4.78 is 0. The van der Waals surface area contributed by atoms with Crippen LogP contribution in [0.25, 0.3) is 0 Å². The fraction of sp³-hybridized carbons (Fsp3) is 0.562. The zero-order valence-corrected chi connectivity index (χ0v) is 12.3. The molecule has 102 valence electrons. The standard InChI is InChI=1S/C16H23N3/c1-12-7-13(2)9-15(8-12)19-11-16(3,4)18-10-14(19)5-6-17/h7-9,14,18H,5,10-11H2,1-4H3. The molecule has 1 atom stereocenters. The van der Waals surface area contributed by atoms with Crippen LogP contribution < -0.4 is 10.2 Å². The fourth-order valence-electron chi connectivity index (χ4n) is 2.82. The SMILES string of the molecule is Cc1cc(C)cc(N2CC(C)(C)NCC2CC#N)c1. The lowest BCUT2D eigenvalue weighted by atomic mass is 9.96. The first-order valence-corrected chi connectivity index (χ1v) is 6.88. The van der Waals surface area contributed by atoms with Crippen molar-refractivity contribution < 1.29 is 0 Å². The number of nitrogens with zero attached hydrogens (tertiary/aromatic N) is 2.